The number of carbonyl (C=O) groups excluding carboxylic acids is 1. The van der Waals surface area contributed by atoms with Gasteiger partial charge in [-0.2, -0.15) is 0 Å². The van der Waals surface area contributed by atoms with Crippen molar-refractivity contribution in [1.29, 1.82) is 0 Å². The van der Waals surface area contributed by atoms with Gasteiger partial charge < -0.3 is 19.9 Å². The first kappa shape index (κ1) is 18.6. The molecule has 0 unspecified atom stereocenters. The highest BCUT2D eigenvalue weighted by Crippen LogP contribution is 1.99. The number of rotatable bonds is 8. The second-order valence-corrected chi connectivity index (χ2v) is 6.43. The van der Waals surface area contributed by atoms with Gasteiger partial charge in [0.2, 0.25) is 0 Å². The van der Waals surface area contributed by atoms with Gasteiger partial charge in [-0.3, -0.25) is 4.79 Å². The molecule has 1 heterocycles. The van der Waals surface area contributed by atoms with Gasteiger partial charge >= 0.3 is 0 Å². The second-order valence-electron chi connectivity index (χ2n) is 6.43. The van der Waals surface area contributed by atoms with Crippen molar-refractivity contribution in [2.75, 3.05) is 53.0 Å². The molecule has 1 atom stereocenters. The van der Waals surface area contributed by atoms with Gasteiger partial charge in [0.1, 0.15) is 26.2 Å². The largest absolute Gasteiger partial charge is 0.383 e. The SMILES string of the molecule is COCCNC(=O)[C@@H](C)[NH+]1CC[NH+](C/C=C/c2ccccc2)CC1. The van der Waals surface area contributed by atoms with Crippen molar-refractivity contribution in [3.05, 3.63) is 42.0 Å². The number of methoxy groups -OCH3 is 1. The number of hydrogen-bond donors (Lipinski definition) is 3. The van der Waals surface area contributed by atoms with Gasteiger partial charge in [-0.15, -0.1) is 0 Å². The van der Waals surface area contributed by atoms with Crippen molar-refractivity contribution in [3.63, 3.8) is 0 Å². The Balaban J connectivity index is 1.69. The van der Waals surface area contributed by atoms with Crippen LogP contribution in [0.15, 0.2) is 36.4 Å². The van der Waals surface area contributed by atoms with Gasteiger partial charge in [0.05, 0.1) is 13.2 Å². The molecule has 1 fully saturated rings. The zero-order chi connectivity index (χ0) is 17.2. The molecular formula is C19H31N3O2+2. The molecule has 132 valence electrons. The van der Waals surface area contributed by atoms with Crippen LogP contribution in [0.3, 0.4) is 0 Å². The predicted molar refractivity (Wildman–Crippen MR) is 96.1 cm³/mol. The van der Waals surface area contributed by atoms with E-state index in [2.05, 4.69) is 41.7 Å². The van der Waals surface area contributed by atoms with Crippen molar-refractivity contribution in [3.8, 4) is 0 Å². The zero-order valence-electron chi connectivity index (χ0n) is 14.9. The molecule has 5 heteroatoms. The number of carbonyl (C=O) groups is 1. The Morgan fingerprint density at radius 1 is 1.25 bits per heavy atom. The lowest BCUT2D eigenvalue weighted by Gasteiger charge is -2.32. The van der Waals surface area contributed by atoms with Gasteiger partial charge in [-0.1, -0.05) is 36.4 Å². The van der Waals surface area contributed by atoms with Gasteiger partial charge in [-0.05, 0) is 18.6 Å². The highest BCUT2D eigenvalue weighted by Gasteiger charge is 2.30. The molecular weight excluding hydrogens is 302 g/mol. The standard InChI is InChI=1S/C19H29N3O2/c1-17(19(23)20-10-16-24-2)22-14-12-21(13-15-22)11-6-9-18-7-4-3-5-8-18/h3-9,17H,10-16H2,1-2H3,(H,20,23)/p+2/b9-6+/t17-/m1/s1. The minimum Gasteiger partial charge on any atom is -0.383 e. The van der Waals surface area contributed by atoms with Crippen LogP contribution < -0.4 is 15.1 Å². The highest BCUT2D eigenvalue weighted by molar-refractivity contribution is 5.79. The summed E-state index contributed by atoms with van der Waals surface area (Å²) in [5, 5.41) is 2.94. The third-order valence-electron chi connectivity index (χ3n) is 4.73. The Hall–Kier alpha value is -1.69. The van der Waals surface area contributed by atoms with Gasteiger partial charge in [0.25, 0.3) is 5.91 Å². The Labute approximate surface area is 145 Å². The number of hydrogen-bond acceptors (Lipinski definition) is 2. The number of piperazine rings is 1. The van der Waals surface area contributed by atoms with Gasteiger partial charge in [0.15, 0.2) is 6.04 Å². The summed E-state index contributed by atoms with van der Waals surface area (Å²) in [6.07, 6.45) is 4.45. The van der Waals surface area contributed by atoms with Crippen LogP contribution in [-0.2, 0) is 9.53 Å². The smallest absolute Gasteiger partial charge is 0.278 e. The lowest BCUT2D eigenvalue weighted by Crippen LogP contribution is -3.30. The third-order valence-corrected chi connectivity index (χ3v) is 4.73. The summed E-state index contributed by atoms with van der Waals surface area (Å²) in [7, 11) is 1.65. The minimum atomic E-state index is 0.0169. The quantitative estimate of drug-likeness (QED) is 0.515. The average molecular weight is 333 g/mol. The summed E-state index contributed by atoms with van der Waals surface area (Å²) >= 11 is 0. The number of quaternary nitrogens is 2. The summed E-state index contributed by atoms with van der Waals surface area (Å²) in [5.41, 5.74) is 1.25. The molecule has 0 spiro atoms. The number of ether oxygens (including phenoxy) is 1. The fourth-order valence-corrected chi connectivity index (χ4v) is 3.10. The van der Waals surface area contributed by atoms with E-state index in [1.165, 1.54) is 10.5 Å². The number of benzene rings is 1. The van der Waals surface area contributed by atoms with Crippen LogP contribution in [0.2, 0.25) is 0 Å². The molecule has 0 aromatic heterocycles. The maximum atomic E-state index is 12.1. The first-order chi connectivity index (χ1) is 11.7. The Morgan fingerprint density at radius 2 is 1.96 bits per heavy atom. The van der Waals surface area contributed by atoms with E-state index in [0.717, 1.165) is 32.7 Å². The topological polar surface area (TPSA) is 47.2 Å². The van der Waals surface area contributed by atoms with Crippen LogP contribution >= 0.6 is 0 Å². The van der Waals surface area contributed by atoms with E-state index in [4.69, 9.17) is 4.74 Å². The molecule has 1 aromatic carbocycles. The van der Waals surface area contributed by atoms with E-state index < -0.39 is 0 Å². The third kappa shape index (κ3) is 6.07. The highest BCUT2D eigenvalue weighted by atomic mass is 16.5. The Bertz CT molecular complexity index is 511. The molecule has 1 aromatic rings. The van der Waals surface area contributed by atoms with E-state index in [9.17, 15) is 4.79 Å². The molecule has 5 nitrogen and oxygen atoms in total. The van der Waals surface area contributed by atoms with Gasteiger partial charge in [0, 0.05) is 13.7 Å². The predicted octanol–water partition coefficient (Wildman–Crippen LogP) is -1.37. The maximum absolute atomic E-state index is 12.1. The summed E-state index contributed by atoms with van der Waals surface area (Å²) in [5.74, 6) is 0.134. The fraction of sp³-hybridized carbons (Fsp3) is 0.526. The summed E-state index contributed by atoms with van der Waals surface area (Å²) in [6.45, 7) is 8.57. The van der Waals surface area contributed by atoms with Gasteiger partial charge in [-0.25, -0.2) is 0 Å². The monoisotopic (exact) mass is 333 g/mol. The summed E-state index contributed by atoms with van der Waals surface area (Å²) in [4.78, 5) is 15.1. The molecule has 0 saturated carbocycles. The molecule has 1 saturated heterocycles. The first-order valence-corrected chi connectivity index (χ1v) is 8.87. The molecule has 0 aliphatic carbocycles. The van der Waals surface area contributed by atoms with Crippen LogP contribution in [0.1, 0.15) is 12.5 Å². The molecule has 3 N–H and O–H groups in total. The molecule has 2 rings (SSSR count). The van der Waals surface area contributed by atoms with E-state index in [0.29, 0.717) is 13.2 Å². The van der Waals surface area contributed by atoms with Crippen molar-refractivity contribution >= 4 is 12.0 Å². The molecule has 0 radical (unpaired) electrons. The molecule has 24 heavy (non-hydrogen) atoms. The van der Waals surface area contributed by atoms with Crippen molar-refractivity contribution in [1.82, 2.24) is 5.32 Å². The van der Waals surface area contributed by atoms with Crippen LogP contribution in [0.25, 0.3) is 6.08 Å². The lowest BCUT2D eigenvalue weighted by molar-refractivity contribution is -1.02. The first-order valence-electron chi connectivity index (χ1n) is 8.87. The van der Waals surface area contributed by atoms with Crippen LogP contribution in [0.4, 0.5) is 0 Å². The second kappa shape index (κ2) is 10.2. The Kier molecular flexibility index (Phi) is 7.95. The van der Waals surface area contributed by atoms with Crippen LogP contribution in [0, 0.1) is 0 Å². The van der Waals surface area contributed by atoms with Crippen LogP contribution in [0.5, 0.6) is 0 Å². The average Bonchev–Trinajstić information content (AvgIpc) is 2.63. The van der Waals surface area contributed by atoms with E-state index in [1.807, 2.05) is 13.0 Å². The minimum absolute atomic E-state index is 0.0169. The van der Waals surface area contributed by atoms with E-state index in [1.54, 1.807) is 12.0 Å². The number of amides is 1. The normalized spacial score (nSPS) is 22.4. The summed E-state index contributed by atoms with van der Waals surface area (Å²) < 4.78 is 4.97. The van der Waals surface area contributed by atoms with Crippen LogP contribution in [-0.4, -0.2) is 64.9 Å². The van der Waals surface area contributed by atoms with E-state index >= 15 is 0 Å². The number of nitrogens with one attached hydrogen (secondary N) is 3. The zero-order valence-corrected chi connectivity index (χ0v) is 14.9. The lowest BCUT2D eigenvalue weighted by atomic mass is 10.2. The molecule has 1 aliphatic rings. The van der Waals surface area contributed by atoms with Crippen molar-refractivity contribution in [2.24, 2.45) is 0 Å². The van der Waals surface area contributed by atoms with Crippen molar-refractivity contribution < 1.29 is 19.3 Å². The molecule has 0 bridgehead atoms. The fourth-order valence-electron chi connectivity index (χ4n) is 3.10. The molecule has 1 amide bonds. The maximum Gasteiger partial charge on any atom is 0.278 e. The Morgan fingerprint density at radius 3 is 2.62 bits per heavy atom. The summed E-state index contributed by atoms with van der Waals surface area (Å²) in [6, 6.07) is 10.4. The molecule has 1 aliphatic heterocycles. The van der Waals surface area contributed by atoms with E-state index in [-0.39, 0.29) is 11.9 Å². The van der Waals surface area contributed by atoms with Crippen molar-refractivity contribution in [2.45, 2.75) is 13.0 Å².